The van der Waals surface area contributed by atoms with Crippen molar-refractivity contribution in [1.29, 1.82) is 0 Å². The molecule has 1 aromatic heterocycles. The third-order valence-electron chi connectivity index (χ3n) is 8.18. The van der Waals surface area contributed by atoms with E-state index < -0.39 is 0 Å². The smallest absolute Gasteiger partial charge is 0.290 e. The third-order valence-corrected chi connectivity index (χ3v) is 8.18. The Kier molecular flexibility index (Phi) is 7.02. The molecule has 0 spiro atoms. The van der Waals surface area contributed by atoms with Gasteiger partial charge in [0.1, 0.15) is 6.54 Å². The minimum atomic E-state index is -0.252. The molecule has 2 amide bonds. The summed E-state index contributed by atoms with van der Waals surface area (Å²) in [6.07, 6.45) is 3.92. The van der Waals surface area contributed by atoms with E-state index in [9.17, 15) is 14.7 Å². The number of carbonyl (C=O) groups excluding carboxylic acids is 2. The summed E-state index contributed by atoms with van der Waals surface area (Å²) < 4.78 is 1.91. The van der Waals surface area contributed by atoms with Gasteiger partial charge in [0.15, 0.2) is 5.82 Å². The fourth-order valence-electron chi connectivity index (χ4n) is 5.59. The molecular weight excluding hydrogens is 440 g/mol. The first-order valence-corrected chi connectivity index (χ1v) is 13.2. The van der Waals surface area contributed by atoms with Crippen LogP contribution < -0.4 is 0 Å². The molecule has 2 fully saturated rings. The Bertz CT molecular complexity index is 1110. The van der Waals surface area contributed by atoms with Crippen molar-refractivity contribution >= 4 is 22.8 Å². The van der Waals surface area contributed by atoms with E-state index >= 15 is 0 Å². The zero-order chi connectivity index (χ0) is 25.7. The number of aromatic nitrogens is 2. The predicted octanol–water partition coefficient (Wildman–Crippen LogP) is 4.36. The topological polar surface area (TPSA) is 78.7 Å². The van der Waals surface area contributed by atoms with Crippen molar-refractivity contribution < 1.29 is 14.7 Å². The summed E-state index contributed by atoms with van der Waals surface area (Å²) >= 11 is 0. The van der Waals surface area contributed by atoms with Crippen LogP contribution in [0.4, 0.5) is 0 Å². The molecule has 1 saturated carbocycles. The number of hydrogen-bond acceptors (Lipinski definition) is 4. The molecule has 2 aliphatic rings. The number of hydrogen-bond donors (Lipinski definition) is 1. The van der Waals surface area contributed by atoms with Crippen LogP contribution in [0.25, 0.3) is 11.0 Å². The number of rotatable bonds is 4. The molecule has 1 aliphatic carbocycles. The van der Waals surface area contributed by atoms with Gasteiger partial charge in [0, 0.05) is 25.7 Å². The molecule has 35 heavy (non-hydrogen) atoms. The van der Waals surface area contributed by atoms with Crippen molar-refractivity contribution in [2.45, 2.75) is 103 Å². The molecule has 1 unspecified atom stereocenters. The average Bonchev–Trinajstić information content (AvgIpc) is 3.15. The van der Waals surface area contributed by atoms with Crippen LogP contribution >= 0.6 is 0 Å². The predicted molar refractivity (Wildman–Crippen MR) is 139 cm³/mol. The molecule has 0 radical (unpaired) electrons. The van der Waals surface area contributed by atoms with Gasteiger partial charge in [-0.3, -0.25) is 9.59 Å². The number of aryl methyl sites for hydroxylation is 1. The SMILES string of the molecule is CCC(C)c1cc(C(C)(C)C)c2nc(C(=O)N3CC(=O)N(C4CCC(O)CC4)C[C@H]3C)n(C)c2c1. The van der Waals surface area contributed by atoms with Gasteiger partial charge in [0.2, 0.25) is 5.91 Å². The Labute approximate surface area is 209 Å². The second-order valence-electron chi connectivity index (χ2n) is 11.8. The van der Waals surface area contributed by atoms with E-state index in [0.717, 1.165) is 48.7 Å². The Morgan fingerprint density at radius 3 is 2.46 bits per heavy atom. The molecule has 1 N–H and O–H groups in total. The van der Waals surface area contributed by atoms with Crippen molar-refractivity contribution in [2.24, 2.45) is 7.05 Å². The van der Waals surface area contributed by atoms with Crippen molar-refractivity contribution in [2.75, 3.05) is 13.1 Å². The second-order valence-corrected chi connectivity index (χ2v) is 11.8. The van der Waals surface area contributed by atoms with Gasteiger partial charge in [-0.05, 0) is 67.6 Å². The lowest BCUT2D eigenvalue weighted by molar-refractivity contribution is -0.141. The number of aliphatic hydroxyl groups is 1. The van der Waals surface area contributed by atoms with Gasteiger partial charge in [-0.1, -0.05) is 40.7 Å². The van der Waals surface area contributed by atoms with Crippen molar-refractivity contribution in [3.05, 3.63) is 29.1 Å². The Balaban J connectivity index is 1.65. The van der Waals surface area contributed by atoms with Crippen LogP contribution in [0.5, 0.6) is 0 Å². The van der Waals surface area contributed by atoms with Gasteiger partial charge in [-0.15, -0.1) is 0 Å². The number of amides is 2. The van der Waals surface area contributed by atoms with E-state index in [2.05, 4.69) is 46.8 Å². The van der Waals surface area contributed by atoms with E-state index in [1.165, 1.54) is 5.56 Å². The summed E-state index contributed by atoms with van der Waals surface area (Å²) in [4.78, 5) is 35.3. The molecule has 2 atom stereocenters. The van der Waals surface area contributed by atoms with Gasteiger partial charge in [-0.25, -0.2) is 4.98 Å². The number of imidazole rings is 1. The van der Waals surface area contributed by atoms with Gasteiger partial charge >= 0.3 is 0 Å². The minimum Gasteiger partial charge on any atom is -0.393 e. The number of benzene rings is 1. The van der Waals surface area contributed by atoms with Crippen LogP contribution in [0.2, 0.25) is 0 Å². The third kappa shape index (κ3) is 4.84. The Morgan fingerprint density at radius 2 is 1.86 bits per heavy atom. The maximum atomic E-state index is 13.7. The Morgan fingerprint density at radius 1 is 1.20 bits per heavy atom. The maximum absolute atomic E-state index is 13.7. The first-order chi connectivity index (χ1) is 16.4. The summed E-state index contributed by atoms with van der Waals surface area (Å²) in [6, 6.07) is 4.50. The minimum absolute atomic E-state index is 0.00830. The first kappa shape index (κ1) is 25.7. The van der Waals surface area contributed by atoms with Crippen LogP contribution in [-0.2, 0) is 17.3 Å². The van der Waals surface area contributed by atoms with E-state index in [4.69, 9.17) is 4.98 Å². The molecule has 4 rings (SSSR count). The summed E-state index contributed by atoms with van der Waals surface area (Å²) in [5.41, 5.74) is 4.14. The largest absolute Gasteiger partial charge is 0.393 e. The number of carbonyl (C=O) groups is 2. The zero-order valence-electron chi connectivity index (χ0n) is 22.5. The molecule has 1 saturated heterocycles. The summed E-state index contributed by atoms with van der Waals surface area (Å²) in [7, 11) is 1.91. The monoisotopic (exact) mass is 482 g/mol. The fourth-order valence-corrected chi connectivity index (χ4v) is 5.59. The fraction of sp³-hybridized carbons (Fsp3) is 0.679. The molecule has 2 aromatic rings. The summed E-state index contributed by atoms with van der Waals surface area (Å²) in [5.74, 6) is 0.612. The van der Waals surface area contributed by atoms with Crippen LogP contribution in [-0.4, -0.2) is 67.5 Å². The zero-order valence-corrected chi connectivity index (χ0v) is 22.5. The van der Waals surface area contributed by atoms with Crippen molar-refractivity contribution in [1.82, 2.24) is 19.4 Å². The number of nitrogens with zero attached hydrogens (tertiary/aromatic N) is 4. The molecule has 7 heteroatoms. The van der Waals surface area contributed by atoms with E-state index in [1.807, 2.05) is 23.4 Å². The molecular formula is C28H42N4O3. The highest BCUT2D eigenvalue weighted by molar-refractivity contribution is 5.98. The van der Waals surface area contributed by atoms with Crippen molar-refractivity contribution in [3.63, 3.8) is 0 Å². The van der Waals surface area contributed by atoms with Gasteiger partial charge in [0.05, 0.1) is 17.1 Å². The molecule has 1 aromatic carbocycles. The van der Waals surface area contributed by atoms with Crippen LogP contribution in [0, 0.1) is 0 Å². The molecule has 2 heterocycles. The normalized spacial score (nSPS) is 24.8. The highest BCUT2D eigenvalue weighted by Gasteiger charge is 2.38. The Hall–Kier alpha value is -2.41. The van der Waals surface area contributed by atoms with E-state index in [1.54, 1.807) is 4.90 Å². The highest BCUT2D eigenvalue weighted by Crippen LogP contribution is 2.35. The lowest BCUT2D eigenvalue weighted by Crippen LogP contribution is -2.60. The summed E-state index contributed by atoms with van der Waals surface area (Å²) in [6.45, 7) is 13.6. The lowest BCUT2D eigenvalue weighted by atomic mass is 9.83. The van der Waals surface area contributed by atoms with Crippen LogP contribution in [0.3, 0.4) is 0 Å². The molecule has 192 valence electrons. The average molecular weight is 483 g/mol. The molecule has 7 nitrogen and oxygen atoms in total. The second kappa shape index (κ2) is 9.57. The van der Waals surface area contributed by atoms with Crippen LogP contribution in [0.15, 0.2) is 12.1 Å². The lowest BCUT2D eigenvalue weighted by Gasteiger charge is -2.44. The van der Waals surface area contributed by atoms with Gasteiger partial charge in [-0.2, -0.15) is 0 Å². The van der Waals surface area contributed by atoms with Crippen molar-refractivity contribution in [3.8, 4) is 0 Å². The van der Waals surface area contributed by atoms with Gasteiger partial charge < -0.3 is 19.5 Å². The number of aliphatic hydroxyl groups excluding tert-OH is 1. The summed E-state index contributed by atoms with van der Waals surface area (Å²) in [5, 5.41) is 9.84. The number of fused-ring (bicyclic) bond motifs is 1. The van der Waals surface area contributed by atoms with Crippen LogP contribution in [0.1, 0.15) is 101 Å². The van der Waals surface area contributed by atoms with Gasteiger partial charge in [0.25, 0.3) is 5.91 Å². The first-order valence-electron chi connectivity index (χ1n) is 13.2. The number of piperazine rings is 1. The standard InChI is InChI=1S/C28H42N4O3/c1-8-17(2)19-13-22(28(4,5)6)25-23(14-19)30(7)26(29-25)27(35)31-16-24(34)32(15-18(31)3)20-9-11-21(33)12-10-20/h13-14,17-18,20-21,33H,8-12,15-16H2,1-7H3/t17?,18-,20?,21?/m1/s1. The van der Waals surface area contributed by atoms with E-state index in [0.29, 0.717) is 18.3 Å². The quantitative estimate of drug-likeness (QED) is 0.702. The molecule has 1 aliphatic heterocycles. The highest BCUT2D eigenvalue weighted by atomic mass is 16.3. The molecule has 0 bridgehead atoms. The maximum Gasteiger partial charge on any atom is 0.290 e. The van der Waals surface area contributed by atoms with E-state index in [-0.39, 0.29) is 42.0 Å².